The summed E-state index contributed by atoms with van der Waals surface area (Å²) in [4.78, 5) is 19.5. The van der Waals surface area contributed by atoms with Crippen LogP contribution in [0.25, 0.3) is 10.2 Å². The molecule has 0 aliphatic heterocycles. The van der Waals surface area contributed by atoms with Gasteiger partial charge in [-0.1, -0.05) is 6.07 Å². The number of aryl methyl sites for hydroxylation is 2. The molecule has 0 spiro atoms. The summed E-state index contributed by atoms with van der Waals surface area (Å²) in [6.45, 7) is 0. The van der Waals surface area contributed by atoms with Crippen LogP contribution in [0.2, 0.25) is 0 Å². The third-order valence-electron chi connectivity index (χ3n) is 4.43. The van der Waals surface area contributed by atoms with Gasteiger partial charge in [0, 0.05) is 16.6 Å². The van der Waals surface area contributed by atoms with Crippen molar-refractivity contribution in [2.45, 2.75) is 25.7 Å². The summed E-state index contributed by atoms with van der Waals surface area (Å²) in [7, 11) is 1.61. The third kappa shape index (κ3) is 3.17. The number of hydrogen-bond donors (Lipinski definition) is 2. The summed E-state index contributed by atoms with van der Waals surface area (Å²) >= 11 is 6.97. The Balaban J connectivity index is 1.59. The average molecular weight is 387 g/mol. The Labute approximate surface area is 159 Å². The monoisotopic (exact) mass is 386 g/mol. The van der Waals surface area contributed by atoms with E-state index in [1.165, 1.54) is 22.3 Å². The van der Waals surface area contributed by atoms with E-state index < -0.39 is 0 Å². The summed E-state index contributed by atoms with van der Waals surface area (Å²) in [6.07, 6.45) is 5.78. The second-order valence-corrected chi connectivity index (χ2v) is 7.60. The molecule has 0 radical (unpaired) electrons. The standard InChI is InChI=1S/C18H18N4O2S2/c1-24-12-6-4-5-11(9-12)20-18(25)21-22-10-19-16-15(17(22)23)13-7-2-3-8-14(13)26-16/h4-6,9-10H,2-3,7-8H2,1H3,(H2,20,21,25). The lowest BCUT2D eigenvalue weighted by molar-refractivity contribution is 0.415. The van der Waals surface area contributed by atoms with Crippen LogP contribution in [-0.4, -0.2) is 21.9 Å². The van der Waals surface area contributed by atoms with E-state index in [-0.39, 0.29) is 5.56 Å². The van der Waals surface area contributed by atoms with Crippen LogP contribution < -0.4 is 21.0 Å². The second kappa shape index (κ2) is 7.05. The van der Waals surface area contributed by atoms with E-state index in [1.807, 2.05) is 24.3 Å². The molecule has 8 heteroatoms. The summed E-state index contributed by atoms with van der Waals surface area (Å²) in [5.74, 6) is 0.725. The molecule has 1 aliphatic rings. The largest absolute Gasteiger partial charge is 0.497 e. The van der Waals surface area contributed by atoms with Crippen LogP contribution in [0.15, 0.2) is 35.4 Å². The molecule has 4 rings (SSSR count). The third-order valence-corrected chi connectivity index (χ3v) is 5.82. The molecule has 3 aromatic rings. The molecule has 0 unspecified atom stereocenters. The quantitative estimate of drug-likeness (QED) is 0.674. The summed E-state index contributed by atoms with van der Waals surface area (Å²) in [5.41, 5.74) is 4.74. The molecule has 134 valence electrons. The molecule has 0 saturated heterocycles. The van der Waals surface area contributed by atoms with Crippen LogP contribution in [-0.2, 0) is 12.8 Å². The zero-order chi connectivity index (χ0) is 18.1. The van der Waals surface area contributed by atoms with Crippen LogP contribution in [0, 0.1) is 0 Å². The Kier molecular flexibility index (Phi) is 4.60. The van der Waals surface area contributed by atoms with Gasteiger partial charge in [0.05, 0.1) is 12.5 Å². The predicted molar refractivity (Wildman–Crippen MR) is 109 cm³/mol. The molecule has 2 heterocycles. The van der Waals surface area contributed by atoms with Crippen LogP contribution >= 0.6 is 23.6 Å². The van der Waals surface area contributed by atoms with Crippen LogP contribution in [0.5, 0.6) is 5.75 Å². The number of ether oxygens (including phenoxy) is 1. The van der Waals surface area contributed by atoms with Gasteiger partial charge >= 0.3 is 0 Å². The number of aromatic nitrogens is 2. The molecule has 2 aromatic heterocycles. The maximum atomic E-state index is 12.9. The van der Waals surface area contributed by atoms with Crippen molar-refractivity contribution in [1.29, 1.82) is 0 Å². The number of nitrogens with zero attached hydrogens (tertiary/aromatic N) is 2. The minimum Gasteiger partial charge on any atom is -0.497 e. The molecule has 0 bridgehead atoms. The first-order chi connectivity index (χ1) is 12.7. The predicted octanol–water partition coefficient (Wildman–Crippen LogP) is 3.29. The fourth-order valence-electron chi connectivity index (χ4n) is 3.19. The zero-order valence-electron chi connectivity index (χ0n) is 14.2. The highest BCUT2D eigenvalue weighted by Gasteiger charge is 2.20. The van der Waals surface area contributed by atoms with Crippen molar-refractivity contribution in [1.82, 2.24) is 9.66 Å². The van der Waals surface area contributed by atoms with Gasteiger partial charge in [0.15, 0.2) is 5.11 Å². The van der Waals surface area contributed by atoms with Crippen molar-refractivity contribution in [3.63, 3.8) is 0 Å². The van der Waals surface area contributed by atoms with Gasteiger partial charge in [0.1, 0.15) is 16.9 Å². The molecular weight excluding hydrogens is 368 g/mol. The first kappa shape index (κ1) is 17.0. The molecule has 0 atom stereocenters. The number of benzene rings is 1. The zero-order valence-corrected chi connectivity index (χ0v) is 15.9. The van der Waals surface area contributed by atoms with E-state index >= 15 is 0 Å². The van der Waals surface area contributed by atoms with Gasteiger partial charge in [-0.3, -0.25) is 10.2 Å². The number of hydrogen-bond acceptors (Lipinski definition) is 5. The van der Waals surface area contributed by atoms with Gasteiger partial charge in [0.2, 0.25) is 0 Å². The first-order valence-electron chi connectivity index (χ1n) is 8.39. The lowest BCUT2D eigenvalue weighted by Gasteiger charge is -2.13. The minimum absolute atomic E-state index is 0.107. The number of nitrogens with one attached hydrogen (secondary N) is 2. The lowest BCUT2D eigenvalue weighted by atomic mass is 9.97. The Bertz CT molecular complexity index is 1040. The van der Waals surface area contributed by atoms with Crippen molar-refractivity contribution in [3.8, 4) is 5.75 Å². The fourth-order valence-corrected chi connectivity index (χ4v) is 4.63. The molecule has 1 aliphatic carbocycles. The van der Waals surface area contributed by atoms with Crippen molar-refractivity contribution in [2.24, 2.45) is 0 Å². The van der Waals surface area contributed by atoms with Gasteiger partial charge in [-0.15, -0.1) is 11.3 Å². The smallest absolute Gasteiger partial charge is 0.281 e. The van der Waals surface area contributed by atoms with Crippen LogP contribution in [0.1, 0.15) is 23.3 Å². The van der Waals surface area contributed by atoms with Crippen molar-refractivity contribution < 1.29 is 4.74 Å². The Morgan fingerprint density at radius 3 is 3.04 bits per heavy atom. The summed E-state index contributed by atoms with van der Waals surface area (Å²) in [6, 6.07) is 7.41. The summed E-state index contributed by atoms with van der Waals surface area (Å²) < 4.78 is 6.54. The second-order valence-electron chi connectivity index (χ2n) is 6.11. The van der Waals surface area contributed by atoms with E-state index in [0.29, 0.717) is 5.11 Å². The molecule has 26 heavy (non-hydrogen) atoms. The van der Waals surface area contributed by atoms with Crippen LogP contribution in [0.4, 0.5) is 5.69 Å². The van der Waals surface area contributed by atoms with Gasteiger partial charge in [-0.05, 0) is 55.6 Å². The summed E-state index contributed by atoms with van der Waals surface area (Å²) in [5, 5.41) is 4.09. The van der Waals surface area contributed by atoms with Crippen molar-refractivity contribution >= 4 is 44.6 Å². The normalized spacial score (nSPS) is 13.3. The fraction of sp³-hybridized carbons (Fsp3) is 0.278. The highest BCUT2D eigenvalue weighted by atomic mass is 32.1. The molecule has 0 fully saturated rings. The number of rotatable bonds is 3. The van der Waals surface area contributed by atoms with E-state index in [4.69, 9.17) is 17.0 Å². The maximum Gasteiger partial charge on any atom is 0.281 e. The molecule has 6 nitrogen and oxygen atoms in total. The maximum absolute atomic E-state index is 12.9. The van der Waals surface area contributed by atoms with Gasteiger partial charge in [0.25, 0.3) is 5.56 Å². The number of fused-ring (bicyclic) bond motifs is 3. The van der Waals surface area contributed by atoms with E-state index in [0.717, 1.165) is 46.5 Å². The number of anilines is 1. The van der Waals surface area contributed by atoms with E-state index in [2.05, 4.69) is 15.7 Å². The Morgan fingerprint density at radius 1 is 1.35 bits per heavy atom. The van der Waals surface area contributed by atoms with Crippen LogP contribution in [0.3, 0.4) is 0 Å². The molecule has 0 saturated carbocycles. The Morgan fingerprint density at radius 2 is 2.19 bits per heavy atom. The number of methoxy groups -OCH3 is 1. The number of thiocarbonyl (C=S) groups is 1. The van der Waals surface area contributed by atoms with Gasteiger partial charge < -0.3 is 10.1 Å². The molecule has 1 aromatic carbocycles. The lowest BCUT2D eigenvalue weighted by Crippen LogP contribution is -2.35. The SMILES string of the molecule is COc1cccc(NC(=S)Nn2cnc3sc4c(c3c2=O)CCCC4)c1. The van der Waals surface area contributed by atoms with Crippen molar-refractivity contribution in [3.05, 3.63) is 51.4 Å². The highest BCUT2D eigenvalue weighted by molar-refractivity contribution is 7.80. The van der Waals surface area contributed by atoms with E-state index in [1.54, 1.807) is 18.4 Å². The molecule has 2 N–H and O–H groups in total. The number of thiophene rings is 1. The average Bonchev–Trinajstić information content (AvgIpc) is 3.03. The van der Waals surface area contributed by atoms with Gasteiger partial charge in [-0.25, -0.2) is 9.66 Å². The van der Waals surface area contributed by atoms with E-state index in [9.17, 15) is 4.79 Å². The molecule has 0 amide bonds. The van der Waals surface area contributed by atoms with Gasteiger partial charge in [-0.2, -0.15) is 0 Å². The molecular formula is C18H18N4O2S2. The van der Waals surface area contributed by atoms with Crippen molar-refractivity contribution in [2.75, 3.05) is 17.9 Å². The first-order valence-corrected chi connectivity index (χ1v) is 9.62. The topological polar surface area (TPSA) is 68.2 Å². The Hall–Kier alpha value is -2.45. The highest BCUT2D eigenvalue weighted by Crippen LogP contribution is 2.33. The minimum atomic E-state index is -0.107.